The number of aliphatic hydroxyl groups excluding tert-OH is 1. The van der Waals surface area contributed by atoms with Gasteiger partial charge in [0, 0.05) is 12.6 Å². The maximum Gasteiger partial charge on any atom is 0.168 e. The highest BCUT2D eigenvalue weighted by molar-refractivity contribution is 5.48. The first-order valence-corrected chi connectivity index (χ1v) is 5.59. The lowest BCUT2D eigenvalue weighted by atomic mass is 10.2. The molecule has 0 aliphatic rings. The summed E-state index contributed by atoms with van der Waals surface area (Å²) in [5.41, 5.74) is 0. The molecule has 0 spiro atoms. The van der Waals surface area contributed by atoms with Gasteiger partial charge in [-0.15, -0.1) is 0 Å². The molecule has 1 atom stereocenters. The van der Waals surface area contributed by atoms with Crippen LogP contribution in [0.2, 0.25) is 0 Å². The Morgan fingerprint density at radius 2 is 1.94 bits per heavy atom. The Morgan fingerprint density at radius 3 is 2.47 bits per heavy atom. The van der Waals surface area contributed by atoms with Crippen molar-refractivity contribution in [2.24, 2.45) is 0 Å². The highest BCUT2D eigenvalue weighted by Gasteiger charge is 2.14. The molecule has 0 fully saturated rings. The second-order valence-electron chi connectivity index (χ2n) is 3.61. The number of hydrogen-bond acceptors (Lipinski definition) is 4. The van der Waals surface area contributed by atoms with E-state index in [2.05, 4.69) is 15.6 Å². The zero-order chi connectivity index (χ0) is 12.8. The average molecular weight is 245 g/mol. The third-order valence-corrected chi connectivity index (χ3v) is 2.33. The van der Waals surface area contributed by atoms with E-state index < -0.39 is 11.6 Å². The molecule has 17 heavy (non-hydrogen) atoms. The van der Waals surface area contributed by atoms with Crippen molar-refractivity contribution in [2.45, 2.75) is 26.3 Å². The van der Waals surface area contributed by atoms with Crippen molar-refractivity contribution in [3.05, 3.63) is 17.7 Å². The maximum atomic E-state index is 13.4. The first kappa shape index (κ1) is 13.6. The number of nitrogens with one attached hydrogen (secondary N) is 2. The van der Waals surface area contributed by atoms with Gasteiger partial charge in [0.1, 0.15) is 0 Å². The Kier molecular flexibility index (Phi) is 5.09. The van der Waals surface area contributed by atoms with Crippen molar-refractivity contribution in [1.82, 2.24) is 4.98 Å². The average Bonchev–Trinajstić information content (AvgIpc) is 2.31. The first-order valence-electron chi connectivity index (χ1n) is 5.59. The second kappa shape index (κ2) is 6.34. The van der Waals surface area contributed by atoms with Crippen molar-refractivity contribution in [2.75, 3.05) is 23.8 Å². The second-order valence-corrected chi connectivity index (χ2v) is 3.61. The summed E-state index contributed by atoms with van der Waals surface area (Å²) in [6, 6.07) is 0.481. The molecule has 1 aromatic heterocycles. The van der Waals surface area contributed by atoms with Crippen LogP contribution in [0.4, 0.5) is 20.4 Å². The highest BCUT2D eigenvalue weighted by Crippen LogP contribution is 2.19. The van der Waals surface area contributed by atoms with Crippen molar-refractivity contribution in [3.8, 4) is 0 Å². The number of nitrogens with zero attached hydrogens (tertiary/aromatic N) is 1. The Labute approximate surface area is 99.1 Å². The summed E-state index contributed by atoms with van der Waals surface area (Å²) in [6.07, 6.45) is 0.617. The fraction of sp³-hybridized carbons (Fsp3) is 0.545. The molecule has 1 rings (SSSR count). The van der Waals surface area contributed by atoms with Gasteiger partial charge >= 0.3 is 0 Å². The summed E-state index contributed by atoms with van der Waals surface area (Å²) in [7, 11) is 0. The minimum absolute atomic E-state index is 0.00388. The Morgan fingerprint density at radius 1 is 1.29 bits per heavy atom. The molecule has 1 aromatic rings. The predicted octanol–water partition coefficient (Wildman–Crippen LogP) is 1.97. The quantitative estimate of drug-likeness (QED) is 0.717. The molecular formula is C11H17F2N3O. The lowest BCUT2D eigenvalue weighted by molar-refractivity contribution is 0.271. The molecule has 4 nitrogen and oxygen atoms in total. The number of rotatable bonds is 6. The van der Waals surface area contributed by atoms with Gasteiger partial charge in [-0.05, 0) is 13.3 Å². The lowest BCUT2D eigenvalue weighted by Gasteiger charge is -2.16. The van der Waals surface area contributed by atoms with Crippen LogP contribution < -0.4 is 10.6 Å². The van der Waals surface area contributed by atoms with Gasteiger partial charge in [-0.2, -0.15) is 0 Å². The Balaban J connectivity index is 2.94. The molecule has 0 aliphatic carbocycles. The molecule has 96 valence electrons. The fourth-order valence-corrected chi connectivity index (χ4v) is 1.33. The molecule has 0 amide bonds. The molecule has 1 unspecified atom stereocenters. The highest BCUT2D eigenvalue weighted by atomic mass is 19.1. The van der Waals surface area contributed by atoms with Gasteiger partial charge in [0.25, 0.3) is 0 Å². The van der Waals surface area contributed by atoms with Gasteiger partial charge in [-0.25, -0.2) is 13.8 Å². The number of anilines is 2. The van der Waals surface area contributed by atoms with Crippen molar-refractivity contribution in [3.63, 3.8) is 0 Å². The largest absolute Gasteiger partial charge is 0.394 e. The van der Waals surface area contributed by atoms with Crippen molar-refractivity contribution in [1.29, 1.82) is 0 Å². The van der Waals surface area contributed by atoms with Gasteiger partial charge in [0.15, 0.2) is 23.3 Å². The number of aromatic nitrogens is 1. The minimum Gasteiger partial charge on any atom is -0.394 e. The molecule has 1 heterocycles. The summed E-state index contributed by atoms with van der Waals surface area (Å²) in [4.78, 5) is 3.81. The van der Waals surface area contributed by atoms with Crippen LogP contribution in [0.25, 0.3) is 0 Å². The summed E-state index contributed by atoms with van der Waals surface area (Å²) >= 11 is 0. The van der Waals surface area contributed by atoms with Crippen LogP contribution in [0.15, 0.2) is 6.07 Å². The molecule has 0 aromatic carbocycles. The zero-order valence-corrected chi connectivity index (χ0v) is 9.93. The van der Waals surface area contributed by atoms with E-state index in [1.165, 1.54) is 0 Å². The Hall–Kier alpha value is -1.43. The van der Waals surface area contributed by atoms with E-state index in [0.717, 1.165) is 6.07 Å². The van der Waals surface area contributed by atoms with E-state index in [9.17, 15) is 8.78 Å². The van der Waals surface area contributed by atoms with E-state index in [1.54, 1.807) is 6.92 Å². The number of pyridine rings is 1. The zero-order valence-electron chi connectivity index (χ0n) is 9.93. The third-order valence-electron chi connectivity index (χ3n) is 2.33. The summed E-state index contributed by atoms with van der Waals surface area (Å²) in [6.45, 7) is 4.00. The van der Waals surface area contributed by atoms with Gasteiger partial charge in [-0.1, -0.05) is 6.92 Å². The van der Waals surface area contributed by atoms with Gasteiger partial charge in [-0.3, -0.25) is 0 Å². The number of halogens is 2. The summed E-state index contributed by atoms with van der Waals surface area (Å²) in [5.74, 6) is -1.55. The normalized spacial score (nSPS) is 12.3. The Bertz CT molecular complexity index is 370. The van der Waals surface area contributed by atoms with Crippen LogP contribution in [-0.2, 0) is 0 Å². The SMILES string of the molecule is CCNc1nc(NC(CC)CO)c(F)cc1F. The topological polar surface area (TPSA) is 57.2 Å². The first-order chi connectivity index (χ1) is 8.12. The van der Waals surface area contributed by atoms with Gasteiger partial charge < -0.3 is 15.7 Å². The fourth-order valence-electron chi connectivity index (χ4n) is 1.33. The van der Waals surface area contributed by atoms with Crippen LogP contribution in [0, 0.1) is 11.6 Å². The third kappa shape index (κ3) is 3.52. The van der Waals surface area contributed by atoms with E-state index in [4.69, 9.17) is 5.11 Å². The molecule has 6 heteroatoms. The van der Waals surface area contributed by atoms with Crippen molar-refractivity contribution < 1.29 is 13.9 Å². The summed E-state index contributed by atoms with van der Waals surface area (Å²) in [5, 5.41) is 14.4. The molecule has 0 saturated carbocycles. The smallest absolute Gasteiger partial charge is 0.168 e. The summed E-state index contributed by atoms with van der Waals surface area (Å²) < 4.78 is 26.7. The van der Waals surface area contributed by atoms with Crippen LogP contribution in [0.5, 0.6) is 0 Å². The number of aliphatic hydroxyl groups is 1. The van der Waals surface area contributed by atoms with E-state index >= 15 is 0 Å². The van der Waals surface area contributed by atoms with Gasteiger partial charge in [0.2, 0.25) is 0 Å². The maximum absolute atomic E-state index is 13.4. The van der Waals surface area contributed by atoms with Crippen LogP contribution in [0.3, 0.4) is 0 Å². The molecular weight excluding hydrogens is 228 g/mol. The molecule has 0 radical (unpaired) electrons. The van der Waals surface area contributed by atoms with Crippen LogP contribution in [0.1, 0.15) is 20.3 Å². The molecule has 0 saturated heterocycles. The van der Waals surface area contributed by atoms with E-state index in [-0.39, 0.29) is 24.3 Å². The van der Waals surface area contributed by atoms with Crippen molar-refractivity contribution >= 4 is 11.6 Å². The monoisotopic (exact) mass is 245 g/mol. The molecule has 0 bridgehead atoms. The van der Waals surface area contributed by atoms with Gasteiger partial charge in [0.05, 0.1) is 12.6 Å². The standard InChI is InChI=1S/C11H17F2N3O/c1-3-7(6-17)15-11-9(13)5-8(12)10(16-11)14-4-2/h5,7,17H,3-4,6H2,1-2H3,(H2,14,15,16). The predicted molar refractivity (Wildman–Crippen MR) is 63.1 cm³/mol. The van der Waals surface area contributed by atoms with Crippen LogP contribution >= 0.6 is 0 Å². The number of hydrogen-bond donors (Lipinski definition) is 3. The van der Waals surface area contributed by atoms with E-state index in [0.29, 0.717) is 13.0 Å². The minimum atomic E-state index is -0.768. The lowest BCUT2D eigenvalue weighted by Crippen LogP contribution is -2.24. The van der Waals surface area contributed by atoms with Crippen LogP contribution in [-0.4, -0.2) is 29.3 Å². The molecule has 3 N–H and O–H groups in total. The molecule has 0 aliphatic heterocycles. The van der Waals surface area contributed by atoms with E-state index in [1.807, 2.05) is 6.92 Å².